The van der Waals surface area contributed by atoms with Crippen LogP contribution in [0.1, 0.15) is 18.3 Å². The van der Waals surface area contributed by atoms with Crippen molar-refractivity contribution in [1.29, 1.82) is 5.26 Å². The van der Waals surface area contributed by atoms with Crippen LogP contribution in [-0.2, 0) is 12.4 Å². The molecule has 0 fully saturated rings. The fourth-order valence-corrected chi connectivity index (χ4v) is 2.27. The number of hydrogen-bond acceptors (Lipinski definition) is 3. The summed E-state index contributed by atoms with van der Waals surface area (Å²) < 4.78 is 2.11. The third-order valence-electron chi connectivity index (χ3n) is 3.34. The fraction of sp³-hybridized carbons (Fsp3) is 0.429. The molecule has 0 unspecified atom stereocenters. The summed E-state index contributed by atoms with van der Waals surface area (Å²) in [5.41, 5.74) is 2.34. The van der Waals surface area contributed by atoms with E-state index >= 15 is 0 Å². The van der Waals surface area contributed by atoms with Crippen LogP contribution in [0.5, 0.6) is 0 Å². The van der Waals surface area contributed by atoms with Gasteiger partial charge in [0.1, 0.15) is 17.4 Å². The molecule has 1 aromatic heterocycles. The number of halogens is 1. The quantitative estimate of drug-likeness (QED) is 0.789. The van der Waals surface area contributed by atoms with Crippen molar-refractivity contribution in [2.45, 2.75) is 19.3 Å². The molecule has 0 radical (unpaired) electrons. The molecular weight excluding hydrogens is 260 g/mol. The predicted octanol–water partition coefficient (Wildman–Crippen LogP) is 2.60. The van der Waals surface area contributed by atoms with E-state index in [0.717, 1.165) is 36.5 Å². The van der Waals surface area contributed by atoms with Crippen molar-refractivity contribution in [2.75, 3.05) is 20.1 Å². The first-order valence-corrected chi connectivity index (χ1v) is 6.87. The Labute approximate surface area is 118 Å². The molecule has 2 rings (SSSR count). The summed E-state index contributed by atoms with van der Waals surface area (Å²) in [6, 6.07) is 7.85. The Morgan fingerprint density at radius 3 is 2.89 bits per heavy atom. The normalized spacial score (nSPS) is 11.1. The maximum atomic E-state index is 9.12. The van der Waals surface area contributed by atoms with Crippen LogP contribution in [0.4, 0.5) is 0 Å². The molecule has 0 saturated heterocycles. The van der Waals surface area contributed by atoms with Crippen LogP contribution in [0, 0.1) is 11.3 Å². The van der Waals surface area contributed by atoms with Crippen molar-refractivity contribution < 1.29 is 0 Å². The van der Waals surface area contributed by atoms with Crippen molar-refractivity contribution >= 4 is 22.6 Å². The predicted molar refractivity (Wildman–Crippen MR) is 77.2 cm³/mol. The highest BCUT2D eigenvalue weighted by Gasteiger charge is 2.12. The van der Waals surface area contributed by atoms with Crippen molar-refractivity contribution in [3.05, 3.63) is 29.6 Å². The van der Waals surface area contributed by atoms with Crippen molar-refractivity contribution in [3.8, 4) is 6.07 Å². The van der Waals surface area contributed by atoms with Gasteiger partial charge in [-0.15, -0.1) is 11.6 Å². The molecule has 0 bridgehead atoms. The summed E-state index contributed by atoms with van der Waals surface area (Å²) in [4.78, 5) is 6.73. The Balaban J connectivity index is 2.44. The van der Waals surface area contributed by atoms with E-state index in [2.05, 4.69) is 34.5 Å². The molecule has 0 N–H and O–H groups in total. The number of imidazole rings is 1. The molecular formula is C14H17ClN4. The number of para-hydroxylation sites is 1. The Hall–Kier alpha value is -1.57. The van der Waals surface area contributed by atoms with Gasteiger partial charge in [0.05, 0.1) is 17.0 Å². The number of hydrogen-bond donors (Lipinski definition) is 0. The number of benzene rings is 1. The van der Waals surface area contributed by atoms with Gasteiger partial charge in [-0.1, -0.05) is 13.0 Å². The molecule has 0 aliphatic rings. The minimum absolute atomic E-state index is 0.357. The summed E-state index contributed by atoms with van der Waals surface area (Å²) in [5.74, 6) is 1.18. The number of alkyl halides is 1. The van der Waals surface area contributed by atoms with E-state index in [-0.39, 0.29) is 0 Å². The third-order valence-corrected chi connectivity index (χ3v) is 3.58. The number of fused-ring (bicyclic) bond motifs is 1. The van der Waals surface area contributed by atoms with Gasteiger partial charge >= 0.3 is 0 Å². The van der Waals surface area contributed by atoms with Gasteiger partial charge < -0.3 is 9.47 Å². The molecule has 0 amide bonds. The lowest BCUT2D eigenvalue weighted by Crippen LogP contribution is -2.23. The van der Waals surface area contributed by atoms with E-state index < -0.39 is 0 Å². The Morgan fingerprint density at radius 2 is 2.26 bits per heavy atom. The first-order valence-electron chi connectivity index (χ1n) is 6.34. The minimum Gasteiger partial charge on any atom is -0.326 e. The number of nitrogens with zero attached hydrogens (tertiary/aromatic N) is 4. The number of likely N-dealkylation sites (N-methyl/N-ethyl adjacent to an activating group) is 1. The van der Waals surface area contributed by atoms with Crippen LogP contribution < -0.4 is 0 Å². The molecule has 5 heteroatoms. The van der Waals surface area contributed by atoms with Gasteiger partial charge in [0, 0.05) is 13.1 Å². The molecule has 1 aromatic carbocycles. The van der Waals surface area contributed by atoms with E-state index in [1.165, 1.54) is 0 Å². The summed E-state index contributed by atoms with van der Waals surface area (Å²) in [7, 11) is 2.08. The van der Waals surface area contributed by atoms with Crippen LogP contribution in [0.15, 0.2) is 18.2 Å². The van der Waals surface area contributed by atoms with Gasteiger partial charge in [0.2, 0.25) is 0 Å². The van der Waals surface area contributed by atoms with E-state index in [1.807, 2.05) is 12.1 Å². The van der Waals surface area contributed by atoms with Gasteiger partial charge in [-0.3, -0.25) is 0 Å². The molecule has 0 atom stereocenters. The third kappa shape index (κ3) is 2.73. The summed E-state index contributed by atoms with van der Waals surface area (Å²) >= 11 is 5.97. The lowest BCUT2D eigenvalue weighted by atomic mass is 10.2. The van der Waals surface area contributed by atoms with Crippen molar-refractivity contribution in [1.82, 2.24) is 14.5 Å². The van der Waals surface area contributed by atoms with Crippen LogP contribution in [0.25, 0.3) is 11.0 Å². The first-order chi connectivity index (χ1) is 9.21. The Morgan fingerprint density at radius 1 is 1.47 bits per heavy atom. The smallest absolute Gasteiger partial charge is 0.124 e. The van der Waals surface area contributed by atoms with E-state index in [0.29, 0.717) is 11.4 Å². The maximum Gasteiger partial charge on any atom is 0.124 e. The van der Waals surface area contributed by atoms with Gasteiger partial charge in [-0.05, 0) is 25.7 Å². The second-order valence-electron chi connectivity index (χ2n) is 4.49. The van der Waals surface area contributed by atoms with Crippen molar-refractivity contribution in [3.63, 3.8) is 0 Å². The van der Waals surface area contributed by atoms with Crippen LogP contribution >= 0.6 is 11.6 Å². The highest BCUT2D eigenvalue weighted by atomic mass is 35.5. The van der Waals surface area contributed by atoms with Crippen LogP contribution in [-0.4, -0.2) is 34.6 Å². The van der Waals surface area contributed by atoms with E-state index in [9.17, 15) is 0 Å². The van der Waals surface area contributed by atoms with Gasteiger partial charge in [-0.2, -0.15) is 5.26 Å². The van der Waals surface area contributed by atoms with Crippen LogP contribution in [0.3, 0.4) is 0 Å². The monoisotopic (exact) mass is 276 g/mol. The SMILES string of the molecule is CCN(C)CCn1c(CCl)nc2c(C#N)cccc21. The van der Waals surface area contributed by atoms with Gasteiger partial charge in [0.25, 0.3) is 0 Å². The molecule has 0 aliphatic heterocycles. The summed E-state index contributed by atoms with van der Waals surface area (Å²) in [6.45, 7) is 4.90. The molecule has 100 valence electrons. The Kier molecular flexibility index (Phi) is 4.41. The van der Waals surface area contributed by atoms with E-state index in [4.69, 9.17) is 16.9 Å². The highest BCUT2D eigenvalue weighted by molar-refractivity contribution is 6.16. The lowest BCUT2D eigenvalue weighted by molar-refractivity contribution is 0.335. The maximum absolute atomic E-state index is 9.12. The second kappa shape index (κ2) is 6.05. The van der Waals surface area contributed by atoms with E-state index in [1.54, 1.807) is 6.07 Å². The molecule has 19 heavy (non-hydrogen) atoms. The zero-order valence-electron chi connectivity index (χ0n) is 11.2. The van der Waals surface area contributed by atoms with Crippen LogP contribution in [0.2, 0.25) is 0 Å². The first kappa shape index (κ1) is 13.9. The molecule has 0 spiro atoms. The molecule has 2 aromatic rings. The Bertz CT molecular complexity index is 612. The zero-order valence-corrected chi connectivity index (χ0v) is 12.0. The number of rotatable bonds is 5. The topological polar surface area (TPSA) is 44.9 Å². The molecule has 1 heterocycles. The molecule has 0 aliphatic carbocycles. The van der Waals surface area contributed by atoms with Gasteiger partial charge in [-0.25, -0.2) is 4.98 Å². The molecule has 0 saturated carbocycles. The van der Waals surface area contributed by atoms with Gasteiger partial charge in [0.15, 0.2) is 0 Å². The average Bonchev–Trinajstić information content (AvgIpc) is 2.82. The summed E-state index contributed by atoms with van der Waals surface area (Å²) in [6.07, 6.45) is 0. The fourth-order valence-electron chi connectivity index (χ4n) is 2.07. The van der Waals surface area contributed by atoms with Crippen molar-refractivity contribution in [2.24, 2.45) is 0 Å². The minimum atomic E-state index is 0.357. The largest absolute Gasteiger partial charge is 0.326 e. The standard InChI is InChI=1S/C14H17ClN4/c1-3-18(2)7-8-19-12-6-4-5-11(10-16)14(12)17-13(19)9-15/h4-6H,3,7-9H2,1-2H3. The lowest BCUT2D eigenvalue weighted by Gasteiger charge is -2.15. The number of aromatic nitrogens is 2. The second-order valence-corrected chi connectivity index (χ2v) is 4.76. The average molecular weight is 277 g/mol. The summed E-state index contributed by atoms with van der Waals surface area (Å²) in [5, 5.41) is 9.12. The zero-order chi connectivity index (χ0) is 13.8. The molecule has 4 nitrogen and oxygen atoms in total. The highest BCUT2D eigenvalue weighted by Crippen LogP contribution is 2.20. The number of nitriles is 1.